The Hall–Kier alpha value is -2.04. The SMILES string of the molecule is CCNC(=O)COc1ccc2nc(C)n(C(C)C)c2c1. The third-order valence-corrected chi connectivity index (χ3v) is 3.10. The summed E-state index contributed by atoms with van der Waals surface area (Å²) in [7, 11) is 0. The standard InChI is InChI=1S/C15H21N3O2/c1-5-16-15(19)9-20-12-6-7-13-14(8-12)18(10(2)3)11(4)17-13/h6-8,10H,5,9H2,1-4H3,(H,16,19). The van der Waals surface area contributed by atoms with Crippen molar-refractivity contribution in [2.24, 2.45) is 0 Å². The Morgan fingerprint density at radius 1 is 1.45 bits per heavy atom. The number of imidazole rings is 1. The van der Waals surface area contributed by atoms with Crippen LogP contribution in [0.4, 0.5) is 0 Å². The average molecular weight is 275 g/mol. The Kier molecular flexibility index (Phi) is 4.27. The van der Waals surface area contributed by atoms with Gasteiger partial charge in [0, 0.05) is 18.7 Å². The molecule has 0 radical (unpaired) electrons. The highest BCUT2D eigenvalue weighted by molar-refractivity contribution is 5.79. The molecular weight excluding hydrogens is 254 g/mol. The largest absolute Gasteiger partial charge is 0.484 e. The van der Waals surface area contributed by atoms with Crippen molar-refractivity contribution in [3.05, 3.63) is 24.0 Å². The molecule has 108 valence electrons. The molecule has 0 bridgehead atoms. The molecule has 2 rings (SSSR count). The van der Waals surface area contributed by atoms with Crippen LogP contribution in [0, 0.1) is 6.92 Å². The third kappa shape index (κ3) is 2.92. The summed E-state index contributed by atoms with van der Waals surface area (Å²) in [5.74, 6) is 1.56. The van der Waals surface area contributed by atoms with Crippen molar-refractivity contribution in [3.63, 3.8) is 0 Å². The smallest absolute Gasteiger partial charge is 0.257 e. The number of hydrogen-bond acceptors (Lipinski definition) is 3. The lowest BCUT2D eigenvalue weighted by Crippen LogP contribution is -2.28. The maximum atomic E-state index is 11.4. The molecule has 0 spiro atoms. The van der Waals surface area contributed by atoms with Crippen LogP contribution >= 0.6 is 0 Å². The van der Waals surface area contributed by atoms with E-state index in [0.29, 0.717) is 18.3 Å². The summed E-state index contributed by atoms with van der Waals surface area (Å²) in [6, 6.07) is 6.04. The van der Waals surface area contributed by atoms with Crippen LogP contribution in [0.2, 0.25) is 0 Å². The summed E-state index contributed by atoms with van der Waals surface area (Å²) in [5.41, 5.74) is 1.98. The van der Waals surface area contributed by atoms with E-state index in [4.69, 9.17) is 4.74 Å². The van der Waals surface area contributed by atoms with Crippen LogP contribution in [0.1, 0.15) is 32.6 Å². The Bertz CT molecular complexity index is 617. The van der Waals surface area contributed by atoms with E-state index in [-0.39, 0.29) is 12.5 Å². The second-order valence-electron chi connectivity index (χ2n) is 5.02. The molecule has 1 aromatic carbocycles. The lowest BCUT2D eigenvalue weighted by Gasteiger charge is -2.11. The highest BCUT2D eigenvalue weighted by atomic mass is 16.5. The molecule has 0 unspecified atom stereocenters. The van der Waals surface area contributed by atoms with E-state index >= 15 is 0 Å². The molecule has 0 aliphatic heterocycles. The molecule has 20 heavy (non-hydrogen) atoms. The summed E-state index contributed by atoms with van der Waals surface area (Å²) in [4.78, 5) is 15.9. The number of carbonyl (C=O) groups excluding carboxylic acids is 1. The van der Waals surface area contributed by atoms with Gasteiger partial charge < -0.3 is 14.6 Å². The summed E-state index contributed by atoms with van der Waals surface area (Å²) in [5, 5.41) is 2.71. The molecule has 0 fully saturated rings. The fraction of sp³-hybridized carbons (Fsp3) is 0.467. The molecule has 1 N–H and O–H groups in total. The van der Waals surface area contributed by atoms with Gasteiger partial charge in [-0.15, -0.1) is 0 Å². The Labute approximate surface area is 118 Å². The number of ether oxygens (including phenoxy) is 1. The van der Waals surface area contributed by atoms with Crippen molar-refractivity contribution in [1.82, 2.24) is 14.9 Å². The summed E-state index contributed by atoms with van der Waals surface area (Å²) >= 11 is 0. The zero-order valence-corrected chi connectivity index (χ0v) is 12.4. The van der Waals surface area contributed by atoms with Gasteiger partial charge in [-0.25, -0.2) is 4.98 Å². The van der Waals surface area contributed by atoms with Gasteiger partial charge in [0.25, 0.3) is 5.91 Å². The number of carbonyl (C=O) groups is 1. The molecule has 1 aromatic heterocycles. The first-order valence-electron chi connectivity index (χ1n) is 6.91. The summed E-state index contributed by atoms with van der Waals surface area (Å²) in [6.07, 6.45) is 0. The fourth-order valence-electron chi connectivity index (χ4n) is 2.33. The second-order valence-corrected chi connectivity index (χ2v) is 5.02. The summed E-state index contributed by atoms with van der Waals surface area (Å²) in [6.45, 7) is 8.77. The van der Waals surface area contributed by atoms with Gasteiger partial charge in [-0.3, -0.25) is 4.79 Å². The summed E-state index contributed by atoms with van der Waals surface area (Å²) < 4.78 is 7.68. The second kappa shape index (κ2) is 5.94. The first kappa shape index (κ1) is 14.4. The minimum absolute atomic E-state index is 0.0359. The number of hydrogen-bond donors (Lipinski definition) is 1. The van der Waals surface area contributed by atoms with Crippen LogP contribution in [0.5, 0.6) is 5.75 Å². The normalized spacial score (nSPS) is 11.1. The number of likely N-dealkylation sites (N-methyl/N-ethyl adjacent to an activating group) is 1. The zero-order chi connectivity index (χ0) is 14.7. The van der Waals surface area contributed by atoms with Gasteiger partial charge in [-0.2, -0.15) is 0 Å². The molecular formula is C15H21N3O2. The van der Waals surface area contributed by atoms with E-state index in [2.05, 4.69) is 28.7 Å². The number of aryl methyl sites for hydroxylation is 1. The Balaban J connectivity index is 2.24. The number of benzene rings is 1. The van der Waals surface area contributed by atoms with E-state index in [1.807, 2.05) is 32.0 Å². The quantitative estimate of drug-likeness (QED) is 0.912. The molecule has 2 aromatic rings. The minimum Gasteiger partial charge on any atom is -0.484 e. The van der Waals surface area contributed by atoms with Gasteiger partial charge in [-0.1, -0.05) is 0 Å². The molecule has 0 atom stereocenters. The van der Waals surface area contributed by atoms with Crippen molar-refractivity contribution in [2.75, 3.05) is 13.2 Å². The molecule has 5 nitrogen and oxygen atoms in total. The predicted molar refractivity (Wildman–Crippen MR) is 79.0 cm³/mol. The van der Waals surface area contributed by atoms with E-state index in [1.165, 1.54) is 0 Å². The van der Waals surface area contributed by atoms with Crippen molar-refractivity contribution >= 4 is 16.9 Å². The molecule has 0 aliphatic rings. The molecule has 5 heteroatoms. The van der Waals surface area contributed by atoms with Gasteiger partial charge in [-0.05, 0) is 39.8 Å². The van der Waals surface area contributed by atoms with Crippen LogP contribution in [0.3, 0.4) is 0 Å². The van der Waals surface area contributed by atoms with Crippen molar-refractivity contribution in [2.45, 2.75) is 33.7 Å². The number of aromatic nitrogens is 2. The third-order valence-electron chi connectivity index (χ3n) is 3.10. The Morgan fingerprint density at radius 2 is 2.20 bits per heavy atom. The average Bonchev–Trinajstić information content (AvgIpc) is 2.71. The molecule has 0 aliphatic carbocycles. The highest BCUT2D eigenvalue weighted by Gasteiger charge is 2.11. The first-order valence-corrected chi connectivity index (χ1v) is 6.91. The van der Waals surface area contributed by atoms with Crippen LogP contribution in [-0.4, -0.2) is 28.6 Å². The number of nitrogens with zero attached hydrogens (tertiary/aromatic N) is 2. The van der Waals surface area contributed by atoms with Gasteiger partial charge in [0.1, 0.15) is 11.6 Å². The van der Waals surface area contributed by atoms with Crippen LogP contribution in [0.15, 0.2) is 18.2 Å². The van der Waals surface area contributed by atoms with Crippen LogP contribution in [0.25, 0.3) is 11.0 Å². The lowest BCUT2D eigenvalue weighted by atomic mass is 10.2. The van der Waals surface area contributed by atoms with Crippen molar-refractivity contribution < 1.29 is 9.53 Å². The van der Waals surface area contributed by atoms with E-state index in [1.54, 1.807) is 0 Å². The highest BCUT2D eigenvalue weighted by Crippen LogP contribution is 2.24. The number of nitrogens with one attached hydrogen (secondary N) is 1. The van der Waals surface area contributed by atoms with Gasteiger partial charge in [0.05, 0.1) is 11.0 Å². The number of rotatable bonds is 5. The zero-order valence-electron chi connectivity index (χ0n) is 12.4. The minimum atomic E-state index is -0.110. The monoisotopic (exact) mass is 275 g/mol. The molecule has 0 saturated carbocycles. The number of fused-ring (bicyclic) bond motifs is 1. The molecule has 1 amide bonds. The van der Waals surface area contributed by atoms with E-state index < -0.39 is 0 Å². The maximum Gasteiger partial charge on any atom is 0.257 e. The van der Waals surface area contributed by atoms with Gasteiger partial charge in [0.2, 0.25) is 0 Å². The predicted octanol–water partition coefficient (Wildman–Crippen LogP) is 2.44. The number of amides is 1. The van der Waals surface area contributed by atoms with Gasteiger partial charge in [0.15, 0.2) is 6.61 Å². The van der Waals surface area contributed by atoms with Crippen LogP contribution < -0.4 is 10.1 Å². The van der Waals surface area contributed by atoms with E-state index in [9.17, 15) is 4.79 Å². The lowest BCUT2D eigenvalue weighted by molar-refractivity contribution is -0.122. The van der Waals surface area contributed by atoms with Crippen LogP contribution in [-0.2, 0) is 4.79 Å². The van der Waals surface area contributed by atoms with Crippen molar-refractivity contribution in [1.29, 1.82) is 0 Å². The van der Waals surface area contributed by atoms with Gasteiger partial charge >= 0.3 is 0 Å². The molecule has 1 heterocycles. The maximum absolute atomic E-state index is 11.4. The Morgan fingerprint density at radius 3 is 2.85 bits per heavy atom. The first-order chi connectivity index (χ1) is 9.52. The topological polar surface area (TPSA) is 56.1 Å². The fourth-order valence-corrected chi connectivity index (χ4v) is 2.33. The van der Waals surface area contributed by atoms with Crippen molar-refractivity contribution in [3.8, 4) is 5.75 Å². The van der Waals surface area contributed by atoms with E-state index in [0.717, 1.165) is 16.9 Å². The molecule has 0 saturated heterocycles.